The molecule has 1 aromatic rings. The van der Waals surface area contributed by atoms with Gasteiger partial charge in [0.15, 0.2) is 0 Å². The minimum atomic E-state index is -1.82. The molecule has 0 aliphatic heterocycles. The van der Waals surface area contributed by atoms with Gasteiger partial charge in [0.1, 0.15) is 0 Å². The number of aliphatic carboxylic acids is 2. The van der Waals surface area contributed by atoms with Crippen molar-refractivity contribution in [3.8, 4) is 0 Å². The Morgan fingerprint density at radius 3 is 2.00 bits per heavy atom. The molecule has 19 heavy (non-hydrogen) atoms. The smallest absolute Gasteiger partial charge is 0.414 e. The Morgan fingerprint density at radius 2 is 1.63 bits per heavy atom. The number of rotatable bonds is 3. The number of carbonyl (C=O) groups excluding carboxylic acids is 1. The Kier molecular flexibility index (Phi) is 7.51. The lowest BCUT2D eigenvalue weighted by Crippen LogP contribution is -2.26. The predicted molar refractivity (Wildman–Crippen MR) is 66.5 cm³/mol. The molecular weight excluding hydrogens is 252 g/mol. The fourth-order valence-corrected chi connectivity index (χ4v) is 1.00. The molecule has 1 heterocycles. The summed E-state index contributed by atoms with van der Waals surface area (Å²) in [6, 6.07) is 3.93. The summed E-state index contributed by atoms with van der Waals surface area (Å²) in [7, 11) is 1.81. The van der Waals surface area contributed by atoms with Gasteiger partial charge in [0.2, 0.25) is 5.91 Å². The lowest BCUT2D eigenvalue weighted by atomic mass is 10.2. The van der Waals surface area contributed by atoms with Crippen LogP contribution in [-0.4, -0.2) is 51.5 Å². The zero-order valence-corrected chi connectivity index (χ0v) is 10.7. The highest BCUT2D eigenvalue weighted by molar-refractivity contribution is 6.27. The van der Waals surface area contributed by atoms with Crippen molar-refractivity contribution in [2.75, 3.05) is 13.6 Å². The first kappa shape index (κ1) is 16.6. The molecule has 0 radical (unpaired) electrons. The Bertz CT molecular complexity index is 421. The number of carboxylic acids is 2. The Morgan fingerprint density at radius 1 is 1.16 bits per heavy atom. The molecule has 0 spiro atoms. The highest BCUT2D eigenvalue weighted by Gasteiger charge is 2.04. The molecule has 0 aliphatic carbocycles. The molecule has 1 rings (SSSR count). The fourth-order valence-electron chi connectivity index (χ4n) is 1.00. The predicted octanol–water partition coefficient (Wildman–Crippen LogP) is 0.258. The number of hydrogen-bond acceptors (Lipinski definition) is 4. The second-order valence-corrected chi connectivity index (χ2v) is 3.66. The topological polar surface area (TPSA) is 108 Å². The van der Waals surface area contributed by atoms with Crippen LogP contribution >= 0.6 is 0 Å². The molecule has 0 unspecified atom stereocenters. The summed E-state index contributed by atoms with van der Waals surface area (Å²) >= 11 is 0. The van der Waals surface area contributed by atoms with Gasteiger partial charge in [0, 0.05) is 32.9 Å². The monoisotopic (exact) mass is 268 g/mol. The summed E-state index contributed by atoms with van der Waals surface area (Å²) in [4.78, 5) is 34.7. The van der Waals surface area contributed by atoms with E-state index in [9.17, 15) is 4.79 Å². The van der Waals surface area contributed by atoms with Crippen LogP contribution in [0.15, 0.2) is 24.5 Å². The molecule has 0 saturated carbocycles. The van der Waals surface area contributed by atoms with Gasteiger partial charge in [-0.1, -0.05) is 0 Å². The van der Waals surface area contributed by atoms with Gasteiger partial charge in [-0.3, -0.25) is 9.78 Å². The molecular formula is C12H16N2O5. The lowest BCUT2D eigenvalue weighted by Gasteiger charge is -2.13. The van der Waals surface area contributed by atoms with Crippen LogP contribution in [0.5, 0.6) is 0 Å². The van der Waals surface area contributed by atoms with Crippen LogP contribution in [0.2, 0.25) is 0 Å². The zero-order valence-electron chi connectivity index (χ0n) is 10.7. The average molecular weight is 268 g/mol. The van der Waals surface area contributed by atoms with Gasteiger partial charge in [0.05, 0.1) is 0 Å². The van der Waals surface area contributed by atoms with E-state index in [2.05, 4.69) is 4.98 Å². The first-order chi connectivity index (χ1) is 8.84. The highest BCUT2D eigenvalue weighted by Crippen LogP contribution is 1.98. The van der Waals surface area contributed by atoms with E-state index in [1.807, 2.05) is 19.2 Å². The summed E-state index contributed by atoms with van der Waals surface area (Å²) in [6.45, 7) is 2.34. The molecule has 7 nitrogen and oxygen atoms in total. The number of amides is 1. The molecule has 7 heteroatoms. The molecule has 0 fully saturated rings. The van der Waals surface area contributed by atoms with Gasteiger partial charge in [-0.25, -0.2) is 9.59 Å². The molecule has 0 bridgehead atoms. The minimum absolute atomic E-state index is 0.106. The summed E-state index contributed by atoms with van der Waals surface area (Å²) < 4.78 is 0. The molecule has 0 saturated heterocycles. The van der Waals surface area contributed by atoms with Crippen LogP contribution in [0.1, 0.15) is 12.5 Å². The van der Waals surface area contributed by atoms with E-state index in [4.69, 9.17) is 19.8 Å². The van der Waals surface area contributed by atoms with Crippen molar-refractivity contribution in [3.05, 3.63) is 30.1 Å². The number of likely N-dealkylation sites (N-methyl/N-ethyl adjacent to an activating group) is 1. The number of nitrogens with zero attached hydrogens (tertiary/aromatic N) is 2. The number of pyridine rings is 1. The maximum Gasteiger partial charge on any atom is 0.414 e. The SMILES string of the molecule is CC(=O)N(C)CCc1ccncc1.O=C(O)C(=O)O. The van der Waals surface area contributed by atoms with Crippen LogP contribution in [0, 0.1) is 0 Å². The van der Waals surface area contributed by atoms with Gasteiger partial charge in [-0.15, -0.1) is 0 Å². The second-order valence-electron chi connectivity index (χ2n) is 3.66. The van der Waals surface area contributed by atoms with Crippen LogP contribution in [0.3, 0.4) is 0 Å². The van der Waals surface area contributed by atoms with Crippen molar-refractivity contribution in [1.82, 2.24) is 9.88 Å². The Labute approximate surface area is 110 Å². The summed E-state index contributed by atoms with van der Waals surface area (Å²) in [5, 5.41) is 14.8. The quantitative estimate of drug-likeness (QED) is 0.761. The van der Waals surface area contributed by atoms with Crippen molar-refractivity contribution < 1.29 is 24.6 Å². The third-order valence-electron chi connectivity index (χ3n) is 2.21. The van der Waals surface area contributed by atoms with Crippen molar-refractivity contribution in [3.63, 3.8) is 0 Å². The van der Waals surface area contributed by atoms with Crippen LogP contribution in [0.25, 0.3) is 0 Å². The van der Waals surface area contributed by atoms with Gasteiger partial charge < -0.3 is 15.1 Å². The maximum atomic E-state index is 10.9. The van der Waals surface area contributed by atoms with Gasteiger partial charge in [0.25, 0.3) is 0 Å². The van der Waals surface area contributed by atoms with Crippen LogP contribution in [0.4, 0.5) is 0 Å². The Balaban J connectivity index is 0.000000459. The summed E-state index contributed by atoms with van der Waals surface area (Å²) in [5.41, 5.74) is 1.21. The van der Waals surface area contributed by atoms with E-state index in [0.717, 1.165) is 13.0 Å². The molecule has 1 aromatic heterocycles. The highest BCUT2D eigenvalue weighted by atomic mass is 16.4. The average Bonchev–Trinajstić information content (AvgIpc) is 2.37. The molecule has 104 valence electrons. The van der Waals surface area contributed by atoms with Crippen molar-refractivity contribution in [2.45, 2.75) is 13.3 Å². The first-order valence-electron chi connectivity index (χ1n) is 5.41. The summed E-state index contributed by atoms with van der Waals surface area (Å²) in [6.07, 6.45) is 4.42. The van der Waals surface area contributed by atoms with E-state index in [-0.39, 0.29) is 5.91 Å². The van der Waals surface area contributed by atoms with E-state index in [1.165, 1.54) is 5.56 Å². The molecule has 2 N–H and O–H groups in total. The number of carboxylic acid groups (broad SMARTS) is 2. The standard InChI is InChI=1S/C10H14N2O.C2H2O4/c1-9(13)12(2)8-5-10-3-6-11-7-4-10;3-1(4)2(5)6/h3-4,6-7H,5,8H2,1-2H3;(H,3,4)(H,5,6). The van der Waals surface area contributed by atoms with E-state index < -0.39 is 11.9 Å². The van der Waals surface area contributed by atoms with Gasteiger partial charge in [-0.2, -0.15) is 0 Å². The van der Waals surface area contributed by atoms with Crippen molar-refractivity contribution in [1.29, 1.82) is 0 Å². The Hall–Kier alpha value is -2.44. The van der Waals surface area contributed by atoms with Crippen LogP contribution < -0.4 is 0 Å². The lowest BCUT2D eigenvalue weighted by molar-refractivity contribution is -0.159. The van der Waals surface area contributed by atoms with E-state index in [1.54, 1.807) is 24.2 Å². The van der Waals surface area contributed by atoms with E-state index >= 15 is 0 Å². The minimum Gasteiger partial charge on any atom is -0.473 e. The van der Waals surface area contributed by atoms with E-state index in [0.29, 0.717) is 0 Å². The first-order valence-corrected chi connectivity index (χ1v) is 5.41. The molecule has 0 aromatic carbocycles. The molecule has 1 amide bonds. The molecule has 0 aliphatic rings. The fraction of sp³-hybridized carbons (Fsp3) is 0.333. The van der Waals surface area contributed by atoms with Crippen LogP contribution in [-0.2, 0) is 20.8 Å². The third-order valence-corrected chi connectivity index (χ3v) is 2.21. The summed E-state index contributed by atoms with van der Waals surface area (Å²) in [5.74, 6) is -3.54. The van der Waals surface area contributed by atoms with Gasteiger partial charge >= 0.3 is 11.9 Å². The zero-order chi connectivity index (χ0) is 14.8. The second kappa shape index (κ2) is 8.62. The van der Waals surface area contributed by atoms with Crippen molar-refractivity contribution in [2.24, 2.45) is 0 Å². The molecule has 0 atom stereocenters. The maximum absolute atomic E-state index is 10.9. The largest absolute Gasteiger partial charge is 0.473 e. The van der Waals surface area contributed by atoms with Crippen molar-refractivity contribution >= 4 is 17.8 Å². The normalized spacial score (nSPS) is 8.95. The number of carbonyl (C=O) groups is 3. The third kappa shape index (κ3) is 8.31. The van der Waals surface area contributed by atoms with Gasteiger partial charge in [-0.05, 0) is 24.1 Å². The number of hydrogen-bond donors (Lipinski definition) is 2. The number of aromatic nitrogens is 1.